The molecule has 1 amide bonds. The lowest BCUT2D eigenvalue weighted by Gasteiger charge is -2.14. The van der Waals surface area contributed by atoms with Gasteiger partial charge in [-0.1, -0.05) is 30.3 Å². The number of anilines is 1. The second-order valence-electron chi connectivity index (χ2n) is 5.44. The standard InChI is InChI=1S/C21H19NO4/c1-24-17-10-6-7-11-18(17)26-19-13-12-16(14-20(19)25-2)22-21(23)15-8-4-3-5-9-15/h3-14H,1-2H3,(H,22,23). The number of nitrogens with one attached hydrogen (secondary N) is 1. The zero-order chi connectivity index (χ0) is 18.4. The Hall–Kier alpha value is -3.47. The van der Waals surface area contributed by atoms with Gasteiger partial charge in [-0.25, -0.2) is 0 Å². The molecule has 3 aromatic rings. The van der Waals surface area contributed by atoms with Crippen LogP contribution in [0.15, 0.2) is 72.8 Å². The predicted octanol–water partition coefficient (Wildman–Crippen LogP) is 4.75. The van der Waals surface area contributed by atoms with Crippen molar-refractivity contribution in [1.29, 1.82) is 0 Å². The van der Waals surface area contributed by atoms with Crippen molar-refractivity contribution in [3.05, 3.63) is 78.4 Å². The molecule has 26 heavy (non-hydrogen) atoms. The summed E-state index contributed by atoms with van der Waals surface area (Å²) in [5.41, 5.74) is 1.20. The van der Waals surface area contributed by atoms with Crippen molar-refractivity contribution in [1.82, 2.24) is 0 Å². The van der Waals surface area contributed by atoms with Crippen molar-refractivity contribution in [2.24, 2.45) is 0 Å². The largest absolute Gasteiger partial charge is 0.493 e. The highest BCUT2D eigenvalue weighted by Gasteiger charge is 2.12. The van der Waals surface area contributed by atoms with Gasteiger partial charge < -0.3 is 19.5 Å². The maximum Gasteiger partial charge on any atom is 0.255 e. The molecule has 0 saturated heterocycles. The zero-order valence-electron chi connectivity index (χ0n) is 14.6. The monoisotopic (exact) mass is 349 g/mol. The highest BCUT2D eigenvalue weighted by atomic mass is 16.5. The summed E-state index contributed by atoms with van der Waals surface area (Å²) in [4.78, 5) is 12.3. The molecule has 0 aliphatic rings. The summed E-state index contributed by atoms with van der Waals surface area (Å²) >= 11 is 0. The van der Waals surface area contributed by atoms with E-state index in [1.165, 1.54) is 0 Å². The predicted molar refractivity (Wildman–Crippen MR) is 100 cm³/mol. The minimum atomic E-state index is -0.189. The Morgan fingerprint density at radius 3 is 2.04 bits per heavy atom. The number of hydrogen-bond donors (Lipinski definition) is 1. The van der Waals surface area contributed by atoms with Crippen LogP contribution in [0.3, 0.4) is 0 Å². The molecule has 0 radical (unpaired) electrons. The molecule has 0 aromatic heterocycles. The highest BCUT2D eigenvalue weighted by molar-refractivity contribution is 6.04. The van der Waals surface area contributed by atoms with Crippen LogP contribution in [-0.2, 0) is 0 Å². The van der Waals surface area contributed by atoms with Gasteiger partial charge in [0.15, 0.2) is 23.0 Å². The summed E-state index contributed by atoms with van der Waals surface area (Å²) in [6.07, 6.45) is 0. The summed E-state index contributed by atoms with van der Waals surface area (Å²) < 4.78 is 16.6. The maximum atomic E-state index is 12.3. The van der Waals surface area contributed by atoms with Gasteiger partial charge in [-0.3, -0.25) is 4.79 Å². The Labute approximate surface area is 152 Å². The van der Waals surface area contributed by atoms with Gasteiger partial charge in [0.25, 0.3) is 5.91 Å². The molecule has 0 heterocycles. The molecular formula is C21H19NO4. The Kier molecular flexibility index (Phi) is 5.39. The average Bonchev–Trinajstić information content (AvgIpc) is 2.70. The van der Waals surface area contributed by atoms with Gasteiger partial charge in [0.1, 0.15) is 0 Å². The summed E-state index contributed by atoms with van der Waals surface area (Å²) in [5.74, 6) is 2.04. The molecule has 1 N–H and O–H groups in total. The van der Waals surface area contributed by atoms with Gasteiger partial charge in [0.2, 0.25) is 0 Å². The summed E-state index contributed by atoms with van der Waals surface area (Å²) in [6.45, 7) is 0. The van der Waals surface area contributed by atoms with E-state index in [4.69, 9.17) is 14.2 Å². The van der Waals surface area contributed by atoms with E-state index in [1.807, 2.05) is 42.5 Å². The molecule has 3 rings (SSSR count). The van der Waals surface area contributed by atoms with E-state index in [-0.39, 0.29) is 5.91 Å². The number of para-hydroxylation sites is 2. The third-order valence-corrected chi connectivity index (χ3v) is 3.75. The van der Waals surface area contributed by atoms with E-state index >= 15 is 0 Å². The fraction of sp³-hybridized carbons (Fsp3) is 0.0952. The van der Waals surface area contributed by atoms with Crippen LogP contribution < -0.4 is 19.5 Å². The molecule has 0 unspecified atom stereocenters. The molecule has 132 valence electrons. The van der Waals surface area contributed by atoms with Crippen molar-refractivity contribution >= 4 is 11.6 Å². The Balaban J connectivity index is 1.80. The van der Waals surface area contributed by atoms with E-state index in [9.17, 15) is 4.79 Å². The zero-order valence-corrected chi connectivity index (χ0v) is 14.6. The van der Waals surface area contributed by atoms with Gasteiger partial charge in [0.05, 0.1) is 14.2 Å². The first-order chi connectivity index (χ1) is 12.7. The fourth-order valence-corrected chi connectivity index (χ4v) is 2.44. The molecule has 0 aliphatic carbocycles. The number of carbonyl (C=O) groups excluding carboxylic acids is 1. The smallest absolute Gasteiger partial charge is 0.255 e. The number of amides is 1. The van der Waals surface area contributed by atoms with Gasteiger partial charge in [-0.15, -0.1) is 0 Å². The SMILES string of the molecule is COc1ccccc1Oc1ccc(NC(=O)c2ccccc2)cc1OC. The maximum absolute atomic E-state index is 12.3. The van der Waals surface area contributed by atoms with Crippen molar-refractivity contribution in [3.8, 4) is 23.0 Å². The van der Waals surface area contributed by atoms with Gasteiger partial charge in [0, 0.05) is 17.3 Å². The van der Waals surface area contributed by atoms with E-state index < -0.39 is 0 Å². The third kappa shape index (κ3) is 3.95. The van der Waals surface area contributed by atoms with E-state index in [0.717, 1.165) is 0 Å². The van der Waals surface area contributed by atoms with Crippen LogP contribution in [-0.4, -0.2) is 20.1 Å². The lowest BCUT2D eigenvalue weighted by Crippen LogP contribution is -2.11. The highest BCUT2D eigenvalue weighted by Crippen LogP contribution is 2.37. The Bertz CT molecular complexity index is 894. The number of rotatable bonds is 6. The first kappa shape index (κ1) is 17.4. The molecule has 0 saturated carbocycles. The molecule has 5 nitrogen and oxygen atoms in total. The number of ether oxygens (including phenoxy) is 3. The van der Waals surface area contributed by atoms with Gasteiger partial charge in [-0.05, 0) is 36.4 Å². The van der Waals surface area contributed by atoms with Crippen LogP contribution >= 0.6 is 0 Å². The van der Waals surface area contributed by atoms with Crippen LogP contribution in [0.2, 0.25) is 0 Å². The Morgan fingerprint density at radius 2 is 1.35 bits per heavy atom. The van der Waals surface area contributed by atoms with Crippen molar-refractivity contribution < 1.29 is 19.0 Å². The minimum Gasteiger partial charge on any atom is -0.493 e. The second kappa shape index (κ2) is 8.07. The van der Waals surface area contributed by atoms with E-state index in [2.05, 4.69) is 5.32 Å². The quantitative estimate of drug-likeness (QED) is 0.698. The topological polar surface area (TPSA) is 56.8 Å². The van der Waals surface area contributed by atoms with Crippen LogP contribution in [0.5, 0.6) is 23.0 Å². The fourth-order valence-electron chi connectivity index (χ4n) is 2.44. The van der Waals surface area contributed by atoms with Gasteiger partial charge >= 0.3 is 0 Å². The molecule has 0 aliphatic heterocycles. The van der Waals surface area contributed by atoms with Gasteiger partial charge in [-0.2, -0.15) is 0 Å². The lowest BCUT2D eigenvalue weighted by atomic mass is 10.2. The van der Waals surface area contributed by atoms with Crippen molar-refractivity contribution in [3.63, 3.8) is 0 Å². The molecule has 5 heteroatoms. The Morgan fingerprint density at radius 1 is 0.731 bits per heavy atom. The first-order valence-electron chi connectivity index (χ1n) is 8.06. The molecule has 0 spiro atoms. The molecule has 0 fully saturated rings. The van der Waals surface area contributed by atoms with Crippen molar-refractivity contribution in [2.45, 2.75) is 0 Å². The number of methoxy groups -OCH3 is 2. The molecule has 0 atom stereocenters. The molecular weight excluding hydrogens is 330 g/mol. The summed E-state index contributed by atoms with van der Waals surface area (Å²) in [7, 11) is 3.13. The van der Waals surface area contributed by atoms with E-state index in [1.54, 1.807) is 44.6 Å². The molecule has 3 aromatic carbocycles. The summed E-state index contributed by atoms with van der Waals surface area (Å²) in [6, 6.07) is 21.6. The van der Waals surface area contributed by atoms with Crippen LogP contribution in [0, 0.1) is 0 Å². The van der Waals surface area contributed by atoms with Crippen LogP contribution in [0.25, 0.3) is 0 Å². The lowest BCUT2D eigenvalue weighted by molar-refractivity contribution is 0.102. The number of benzene rings is 3. The number of carbonyl (C=O) groups is 1. The normalized spacial score (nSPS) is 10.1. The minimum absolute atomic E-state index is 0.189. The average molecular weight is 349 g/mol. The molecule has 0 bridgehead atoms. The van der Waals surface area contributed by atoms with Crippen LogP contribution in [0.1, 0.15) is 10.4 Å². The summed E-state index contributed by atoms with van der Waals surface area (Å²) in [5, 5.41) is 2.85. The van der Waals surface area contributed by atoms with Crippen LogP contribution in [0.4, 0.5) is 5.69 Å². The second-order valence-corrected chi connectivity index (χ2v) is 5.44. The number of hydrogen-bond acceptors (Lipinski definition) is 4. The van der Waals surface area contributed by atoms with E-state index in [0.29, 0.717) is 34.2 Å². The van der Waals surface area contributed by atoms with Crippen molar-refractivity contribution in [2.75, 3.05) is 19.5 Å². The first-order valence-corrected chi connectivity index (χ1v) is 8.06. The third-order valence-electron chi connectivity index (χ3n) is 3.75.